The molecule has 0 unspecified atom stereocenters. The minimum atomic E-state index is -0.820. The number of rotatable bonds is 4. The predicted molar refractivity (Wildman–Crippen MR) is 57.8 cm³/mol. The Morgan fingerprint density at radius 2 is 2.35 bits per heavy atom. The Kier molecular flexibility index (Phi) is 4.02. The van der Waals surface area contributed by atoms with E-state index in [0.717, 1.165) is 6.07 Å². The van der Waals surface area contributed by atoms with Gasteiger partial charge in [-0.3, -0.25) is 10.1 Å². The highest BCUT2D eigenvalue weighted by Gasteiger charge is 2.16. The van der Waals surface area contributed by atoms with Crippen molar-refractivity contribution in [3.05, 3.63) is 50.1 Å². The number of phenols is 1. The number of halogens is 1. The Morgan fingerprint density at radius 1 is 1.65 bits per heavy atom. The zero-order valence-corrected chi connectivity index (χ0v) is 8.45. The van der Waals surface area contributed by atoms with Crippen molar-refractivity contribution in [2.24, 2.45) is 5.11 Å². The number of nitrogens with zero attached hydrogens (tertiary/aromatic N) is 4. The van der Waals surface area contributed by atoms with E-state index in [4.69, 9.17) is 10.6 Å². The average molecular weight is 238 g/mol. The number of aromatic hydroxyl groups is 1. The molecular weight excluding hydrogens is 231 g/mol. The lowest BCUT2D eigenvalue weighted by atomic mass is 10.1. The third kappa shape index (κ3) is 3.18. The molecule has 0 aliphatic carbocycles. The van der Waals surface area contributed by atoms with Gasteiger partial charge in [-0.05, 0) is 5.53 Å². The van der Waals surface area contributed by atoms with E-state index >= 15 is 0 Å². The fourth-order valence-corrected chi connectivity index (χ4v) is 1.10. The molecule has 0 aromatic heterocycles. The van der Waals surface area contributed by atoms with Crippen LogP contribution in [-0.2, 0) is 0 Å². The van der Waals surface area contributed by atoms with Gasteiger partial charge in [-0.2, -0.15) is 0 Å². The molecule has 0 amide bonds. The fourth-order valence-electron chi connectivity index (χ4n) is 1.10. The van der Waals surface area contributed by atoms with E-state index in [1.807, 2.05) is 0 Å². The fraction of sp³-hybridized carbons (Fsp3) is 0.111. The maximum absolute atomic E-state index is 13.3. The monoisotopic (exact) mass is 238 g/mol. The first kappa shape index (κ1) is 12.5. The van der Waals surface area contributed by atoms with Crippen LogP contribution in [0.15, 0.2) is 23.3 Å². The van der Waals surface area contributed by atoms with Crippen molar-refractivity contribution >= 4 is 11.8 Å². The Bertz CT molecular complexity index is 523. The van der Waals surface area contributed by atoms with E-state index in [-0.39, 0.29) is 12.1 Å². The van der Waals surface area contributed by atoms with Gasteiger partial charge in [0.1, 0.15) is 5.82 Å². The van der Waals surface area contributed by atoms with Gasteiger partial charge in [0.05, 0.1) is 4.92 Å². The van der Waals surface area contributed by atoms with Crippen LogP contribution in [0.25, 0.3) is 16.5 Å². The first-order valence-corrected chi connectivity index (χ1v) is 4.40. The molecule has 0 aliphatic heterocycles. The lowest BCUT2D eigenvalue weighted by molar-refractivity contribution is -0.385. The average Bonchev–Trinajstić information content (AvgIpc) is 2.26. The second-order valence-corrected chi connectivity index (χ2v) is 2.94. The molecule has 1 rings (SSSR count). The van der Waals surface area contributed by atoms with Gasteiger partial charge in [0.2, 0.25) is 0 Å². The minimum Gasteiger partial charge on any atom is -0.502 e. The summed E-state index contributed by atoms with van der Waals surface area (Å²) in [4.78, 5) is 12.2. The molecule has 0 heterocycles. The molecule has 7 nitrogen and oxygen atoms in total. The van der Waals surface area contributed by atoms with E-state index in [1.54, 1.807) is 0 Å². The van der Waals surface area contributed by atoms with Gasteiger partial charge in [-0.25, -0.2) is 4.39 Å². The molecule has 1 aromatic carbocycles. The van der Waals surface area contributed by atoms with Gasteiger partial charge in [-0.15, -0.1) is 0 Å². The van der Waals surface area contributed by atoms with Crippen LogP contribution in [0.2, 0.25) is 0 Å². The Labute approximate surface area is 94.6 Å². The van der Waals surface area contributed by atoms with E-state index < -0.39 is 22.2 Å². The van der Waals surface area contributed by atoms with Crippen molar-refractivity contribution in [1.82, 2.24) is 0 Å². The zero-order valence-electron chi connectivity index (χ0n) is 8.45. The summed E-state index contributed by atoms with van der Waals surface area (Å²) in [7, 11) is 0. The molecule has 88 valence electrons. The number of phenolic OH excluding ortho intramolecular Hbond substituents is 1. The summed E-state index contributed by atoms with van der Waals surface area (Å²) in [5.74, 6) is -1.54. The highest BCUT2D eigenvalue weighted by molar-refractivity contribution is 5.59. The largest absolute Gasteiger partial charge is 0.502 e. The lowest BCUT2D eigenvalue weighted by Crippen LogP contribution is -1.92. The summed E-state index contributed by atoms with van der Waals surface area (Å²) in [6.45, 7) is 0.00458. The van der Waals surface area contributed by atoms with Gasteiger partial charge < -0.3 is 5.11 Å². The third-order valence-electron chi connectivity index (χ3n) is 1.84. The van der Waals surface area contributed by atoms with Gasteiger partial charge >= 0.3 is 5.69 Å². The number of azide groups is 1. The van der Waals surface area contributed by atoms with Crippen LogP contribution in [0.3, 0.4) is 0 Å². The Balaban J connectivity index is 3.07. The molecule has 1 N–H and O–H groups in total. The summed E-state index contributed by atoms with van der Waals surface area (Å²) < 4.78 is 13.3. The summed E-state index contributed by atoms with van der Waals surface area (Å²) >= 11 is 0. The summed E-state index contributed by atoms with van der Waals surface area (Å²) in [6, 6.07) is 1.56. The second-order valence-electron chi connectivity index (χ2n) is 2.94. The SMILES string of the molecule is [N-]=[N+]=NCC=Cc1cc([N+](=O)[O-])c(O)cc1F. The molecule has 0 fully saturated rings. The van der Waals surface area contributed by atoms with Crippen LogP contribution in [0.5, 0.6) is 5.75 Å². The van der Waals surface area contributed by atoms with Crippen LogP contribution in [0.4, 0.5) is 10.1 Å². The van der Waals surface area contributed by atoms with Crippen LogP contribution in [0, 0.1) is 15.9 Å². The summed E-state index contributed by atoms with van der Waals surface area (Å²) in [6.07, 6.45) is 2.58. The highest BCUT2D eigenvalue weighted by atomic mass is 19.1. The maximum Gasteiger partial charge on any atom is 0.311 e. The van der Waals surface area contributed by atoms with Crippen LogP contribution >= 0.6 is 0 Å². The quantitative estimate of drug-likeness (QED) is 0.286. The van der Waals surface area contributed by atoms with Crippen molar-refractivity contribution in [3.8, 4) is 5.75 Å². The van der Waals surface area contributed by atoms with Crippen LogP contribution < -0.4 is 0 Å². The summed E-state index contributed by atoms with van der Waals surface area (Å²) in [5, 5.41) is 22.8. The van der Waals surface area contributed by atoms with Crippen molar-refractivity contribution in [3.63, 3.8) is 0 Å². The first-order valence-electron chi connectivity index (χ1n) is 4.40. The van der Waals surface area contributed by atoms with Gasteiger partial charge in [0.15, 0.2) is 5.75 Å². The number of hydrogen-bond donors (Lipinski definition) is 1. The molecule has 1 aromatic rings. The molecule has 0 bridgehead atoms. The summed E-state index contributed by atoms with van der Waals surface area (Å²) in [5.41, 5.74) is 7.34. The smallest absolute Gasteiger partial charge is 0.311 e. The van der Waals surface area contributed by atoms with E-state index in [2.05, 4.69) is 10.0 Å². The maximum atomic E-state index is 13.3. The molecule has 0 saturated heterocycles. The van der Waals surface area contributed by atoms with Crippen molar-refractivity contribution in [2.45, 2.75) is 0 Å². The standard InChI is InChI=1S/C9H7FN4O3/c10-7-5-9(15)8(14(16)17)4-6(7)2-1-3-12-13-11/h1-2,4-5,15H,3H2. The van der Waals surface area contributed by atoms with Gasteiger partial charge in [-0.1, -0.05) is 17.3 Å². The molecule has 0 aliphatic rings. The van der Waals surface area contributed by atoms with Crippen molar-refractivity contribution in [2.75, 3.05) is 6.54 Å². The third-order valence-corrected chi connectivity index (χ3v) is 1.84. The molecule has 0 atom stereocenters. The zero-order chi connectivity index (χ0) is 12.8. The second kappa shape index (κ2) is 5.47. The highest BCUT2D eigenvalue weighted by Crippen LogP contribution is 2.29. The van der Waals surface area contributed by atoms with Crippen LogP contribution in [0.1, 0.15) is 5.56 Å². The number of nitro benzene ring substituents is 1. The van der Waals surface area contributed by atoms with E-state index in [0.29, 0.717) is 6.07 Å². The number of hydrogen-bond acceptors (Lipinski definition) is 4. The molecule has 0 radical (unpaired) electrons. The molecule has 8 heteroatoms. The predicted octanol–water partition coefficient (Wildman–Crippen LogP) is 2.76. The van der Waals surface area contributed by atoms with Gasteiger partial charge in [0.25, 0.3) is 0 Å². The van der Waals surface area contributed by atoms with Gasteiger partial charge in [0, 0.05) is 29.2 Å². The topological polar surface area (TPSA) is 112 Å². The van der Waals surface area contributed by atoms with Crippen molar-refractivity contribution < 1.29 is 14.4 Å². The van der Waals surface area contributed by atoms with Crippen LogP contribution in [-0.4, -0.2) is 16.6 Å². The van der Waals surface area contributed by atoms with E-state index in [1.165, 1.54) is 12.2 Å². The van der Waals surface area contributed by atoms with Crippen molar-refractivity contribution in [1.29, 1.82) is 0 Å². The number of benzene rings is 1. The lowest BCUT2D eigenvalue weighted by Gasteiger charge is -1.99. The minimum absolute atomic E-state index is 0.00458. The Hall–Kier alpha value is -2.60. The molecule has 0 saturated carbocycles. The number of nitro groups is 1. The molecular formula is C9H7FN4O3. The first-order chi connectivity index (χ1) is 8.06. The Morgan fingerprint density at radius 3 is 2.94 bits per heavy atom. The van der Waals surface area contributed by atoms with E-state index in [9.17, 15) is 14.5 Å². The normalized spacial score (nSPS) is 10.2. The molecule has 0 spiro atoms. The molecule has 17 heavy (non-hydrogen) atoms.